The number of halogens is 2. The zero-order chi connectivity index (χ0) is 22.4. The number of nitrogens with zero attached hydrogens (tertiary/aromatic N) is 3. The predicted molar refractivity (Wildman–Crippen MR) is 114 cm³/mol. The number of carbonyl (C=O) groups excluding carboxylic acids is 1. The van der Waals surface area contributed by atoms with Crippen LogP contribution < -0.4 is 10.6 Å². The van der Waals surface area contributed by atoms with Crippen molar-refractivity contribution in [2.24, 2.45) is 0 Å². The monoisotopic (exact) mass is 435 g/mol. The van der Waals surface area contributed by atoms with Gasteiger partial charge in [-0.1, -0.05) is 29.4 Å². The minimum atomic E-state index is -0.764. The van der Waals surface area contributed by atoms with Crippen LogP contribution in [0.3, 0.4) is 0 Å². The number of aryl methyl sites for hydroxylation is 2. The molecule has 2 N–H and O–H groups in total. The van der Waals surface area contributed by atoms with Crippen molar-refractivity contribution < 1.29 is 18.1 Å². The van der Waals surface area contributed by atoms with E-state index in [0.29, 0.717) is 17.0 Å². The molecule has 2 aromatic heterocycles. The van der Waals surface area contributed by atoms with E-state index in [1.165, 1.54) is 0 Å². The number of rotatable bonds is 4. The van der Waals surface area contributed by atoms with E-state index in [2.05, 4.69) is 20.8 Å². The summed E-state index contributed by atoms with van der Waals surface area (Å²) in [7, 11) is 0. The lowest BCUT2D eigenvalue weighted by Gasteiger charge is -2.16. The van der Waals surface area contributed by atoms with Crippen LogP contribution in [-0.4, -0.2) is 27.3 Å². The third-order valence-corrected chi connectivity index (χ3v) is 5.66. The van der Waals surface area contributed by atoms with Gasteiger partial charge in [0.2, 0.25) is 0 Å². The number of urea groups is 1. The first kappa shape index (κ1) is 19.9. The number of hydrogen-bond donors (Lipinski definition) is 2. The van der Waals surface area contributed by atoms with Gasteiger partial charge in [-0.25, -0.2) is 18.6 Å². The highest BCUT2D eigenvalue weighted by atomic mass is 19.1. The minimum Gasteiger partial charge on any atom is -0.361 e. The second-order valence-corrected chi connectivity index (χ2v) is 7.64. The first-order valence-electron chi connectivity index (χ1n) is 10.0. The van der Waals surface area contributed by atoms with E-state index in [-0.39, 0.29) is 23.8 Å². The molecule has 0 spiro atoms. The Bertz CT molecular complexity index is 1320. The molecule has 0 radical (unpaired) electrons. The highest BCUT2D eigenvalue weighted by Crippen LogP contribution is 2.38. The Labute approximate surface area is 182 Å². The maximum atomic E-state index is 14.7. The molecule has 7 nitrogen and oxygen atoms in total. The van der Waals surface area contributed by atoms with Gasteiger partial charge in [-0.05, 0) is 25.5 Å². The Hall–Kier alpha value is -4.01. The third-order valence-electron chi connectivity index (χ3n) is 5.66. The molecule has 2 aromatic carbocycles. The zero-order valence-corrected chi connectivity index (χ0v) is 17.3. The van der Waals surface area contributed by atoms with E-state index < -0.39 is 17.7 Å². The molecule has 4 aromatic rings. The lowest BCUT2D eigenvalue weighted by molar-refractivity contribution is 0.251. The fourth-order valence-electron chi connectivity index (χ4n) is 4.20. The molecule has 1 aliphatic rings. The van der Waals surface area contributed by atoms with Crippen LogP contribution in [0, 0.1) is 25.5 Å². The topological polar surface area (TPSA) is 85.0 Å². The molecule has 5 rings (SSSR count). The summed E-state index contributed by atoms with van der Waals surface area (Å²) >= 11 is 0. The summed E-state index contributed by atoms with van der Waals surface area (Å²) in [6, 6.07) is 9.08. The van der Waals surface area contributed by atoms with E-state index in [1.807, 2.05) is 28.8 Å². The largest absolute Gasteiger partial charge is 0.361 e. The molecule has 2 amide bonds. The van der Waals surface area contributed by atoms with Crippen LogP contribution in [0.25, 0.3) is 22.4 Å². The molecule has 0 saturated heterocycles. The number of benzene rings is 2. The fraction of sp³-hybridized carbons (Fsp3) is 0.174. The molecule has 0 bridgehead atoms. The van der Waals surface area contributed by atoms with Gasteiger partial charge in [-0.15, -0.1) is 0 Å². The fourth-order valence-corrected chi connectivity index (χ4v) is 4.20. The maximum absolute atomic E-state index is 14.7. The Balaban J connectivity index is 1.32. The molecule has 162 valence electrons. The van der Waals surface area contributed by atoms with Crippen LogP contribution >= 0.6 is 0 Å². The van der Waals surface area contributed by atoms with E-state index in [0.717, 1.165) is 29.0 Å². The second kappa shape index (κ2) is 7.60. The number of hydrogen-bond acceptors (Lipinski definition) is 4. The predicted octanol–water partition coefficient (Wildman–Crippen LogP) is 4.82. The third kappa shape index (κ3) is 3.22. The lowest BCUT2D eigenvalue weighted by atomic mass is 10.0. The Morgan fingerprint density at radius 3 is 2.75 bits per heavy atom. The van der Waals surface area contributed by atoms with Crippen molar-refractivity contribution in [3.05, 3.63) is 77.6 Å². The highest BCUT2D eigenvalue weighted by Gasteiger charge is 2.28. The number of carbonyl (C=O) groups is 1. The molecule has 0 aliphatic carbocycles. The van der Waals surface area contributed by atoms with Crippen molar-refractivity contribution in [1.29, 1.82) is 0 Å². The van der Waals surface area contributed by atoms with E-state index >= 15 is 0 Å². The molecule has 0 fully saturated rings. The van der Waals surface area contributed by atoms with Gasteiger partial charge in [0.05, 0.1) is 41.2 Å². The number of nitrogens with one attached hydrogen (secondary N) is 2. The molecule has 1 unspecified atom stereocenters. The van der Waals surface area contributed by atoms with Gasteiger partial charge in [-0.3, -0.25) is 0 Å². The van der Waals surface area contributed by atoms with E-state index in [1.54, 1.807) is 26.4 Å². The highest BCUT2D eigenvalue weighted by molar-refractivity contribution is 5.90. The SMILES string of the molecule is Cc1noc(C)c1-c1cc(F)c(NC(=O)NCC2c3ccccc3-c3cncn32)cc1F. The Kier molecular flexibility index (Phi) is 4.73. The molecular weight excluding hydrogens is 416 g/mol. The van der Waals surface area contributed by atoms with Crippen LogP contribution in [0.1, 0.15) is 23.1 Å². The second-order valence-electron chi connectivity index (χ2n) is 7.64. The Morgan fingerprint density at radius 1 is 1.16 bits per heavy atom. The van der Waals surface area contributed by atoms with Crippen molar-refractivity contribution in [3.8, 4) is 22.4 Å². The number of imidazole rings is 1. The summed E-state index contributed by atoms with van der Waals surface area (Å²) in [5.41, 5.74) is 3.70. The van der Waals surface area contributed by atoms with Crippen LogP contribution in [0.4, 0.5) is 19.3 Å². The quantitative estimate of drug-likeness (QED) is 0.481. The molecule has 32 heavy (non-hydrogen) atoms. The van der Waals surface area contributed by atoms with Crippen molar-refractivity contribution in [2.75, 3.05) is 11.9 Å². The Morgan fingerprint density at radius 2 is 1.97 bits per heavy atom. The average molecular weight is 435 g/mol. The van der Waals surface area contributed by atoms with E-state index in [9.17, 15) is 13.6 Å². The molecule has 0 saturated carbocycles. The van der Waals surface area contributed by atoms with Gasteiger partial charge < -0.3 is 19.7 Å². The van der Waals surface area contributed by atoms with Crippen molar-refractivity contribution in [3.63, 3.8) is 0 Å². The van der Waals surface area contributed by atoms with Crippen LogP contribution in [0.15, 0.2) is 53.4 Å². The van der Waals surface area contributed by atoms with Crippen molar-refractivity contribution >= 4 is 11.7 Å². The average Bonchev–Trinajstić information content (AvgIpc) is 3.44. The first-order chi connectivity index (χ1) is 15.4. The molecule has 1 aliphatic heterocycles. The van der Waals surface area contributed by atoms with Crippen LogP contribution in [0.2, 0.25) is 0 Å². The molecule has 1 atom stereocenters. The summed E-state index contributed by atoms with van der Waals surface area (Å²) in [5, 5.41) is 8.90. The summed E-state index contributed by atoms with van der Waals surface area (Å²) in [6.45, 7) is 3.53. The van der Waals surface area contributed by atoms with Crippen molar-refractivity contribution in [1.82, 2.24) is 20.0 Å². The lowest BCUT2D eigenvalue weighted by Crippen LogP contribution is -2.33. The smallest absolute Gasteiger partial charge is 0.319 e. The molecule has 3 heterocycles. The first-order valence-corrected chi connectivity index (χ1v) is 10.0. The summed E-state index contributed by atoms with van der Waals surface area (Å²) in [5.74, 6) is -1.07. The van der Waals surface area contributed by atoms with E-state index in [4.69, 9.17) is 4.52 Å². The number of aromatic nitrogens is 3. The van der Waals surface area contributed by atoms with Gasteiger partial charge in [0.15, 0.2) is 0 Å². The summed E-state index contributed by atoms with van der Waals surface area (Å²) in [4.78, 5) is 16.6. The molecular formula is C23H19F2N5O2. The number of amides is 2. The number of anilines is 1. The standard InChI is InChI=1S/C23H19F2N5O2/c1-12-22(13(2)32-29-12)16-7-18(25)19(8-17(16)24)28-23(31)27-10-21-15-6-4-3-5-14(15)20-9-26-11-30(20)21/h3-9,11,21H,10H2,1-2H3,(H2,27,28,31). The van der Waals surface area contributed by atoms with Gasteiger partial charge in [0.25, 0.3) is 0 Å². The van der Waals surface area contributed by atoms with Gasteiger partial charge in [-0.2, -0.15) is 0 Å². The van der Waals surface area contributed by atoms with Gasteiger partial charge >= 0.3 is 6.03 Å². The molecule has 9 heteroatoms. The van der Waals surface area contributed by atoms with Crippen LogP contribution in [-0.2, 0) is 0 Å². The van der Waals surface area contributed by atoms with Crippen molar-refractivity contribution in [2.45, 2.75) is 19.9 Å². The summed E-state index contributed by atoms with van der Waals surface area (Å²) in [6.07, 6.45) is 3.49. The van der Waals surface area contributed by atoms with Crippen LogP contribution in [0.5, 0.6) is 0 Å². The van der Waals surface area contributed by atoms with Gasteiger partial charge in [0, 0.05) is 23.7 Å². The maximum Gasteiger partial charge on any atom is 0.319 e. The number of fused-ring (bicyclic) bond motifs is 3. The normalized spacial score (nSPS) is 14.2. The summed E-state index contributed by atoms with van der Waals surface area (Å²) < 4.78 is 36.4. The minimum absolute atomic E-state index is 0.0277. The van der Waals surface area contributed by atoms with Gasteiger partial charge in [0.1, 0.15) is 17.4 Å². The zero-order valence-electron chi connectivity index (χ0n) is 17.3.